The summed E-state index contributed by atoms with van der Waals surface area (Å²) in [5.41, 5.74) is 5.90. The van der Waals surface area contributed by atoms with Crippen LogP contribution in [-0.4, -0.2) is 51.1 Å². The van der Waals surface area contributed by atoms with Crippen molar-refractivity contribution >= 4 is 5.91 Å². The summed E-state index contributed by atoms with van der Waals surface area (Å²) in [6.45, 7) is 4.71. The molecule has 0 aliphatic heterocycles. The molecule has 0 saturated carbocycles. The van der Waals surface area contributed by atoms with Crippen molar-refractivity contribution in [2.75, 3.05) is 13.6 Å². The van der Waals surface area contributed by atoms with Crippen molar-refractivity contribution in [3.05, 3.63) is 5.82 Å². The van der Waals surface area contributed by atoms with Gasteiger partial charge in [-0.3, -0.25) is 4.79 Å². The molecule has 0 saturated heterocycles. The topological polar surface area (TPSA) is 101 Å². The molecule has 1 rings (SSSR count). The highest BCUT2D eigenvalue weighted by Gasteiger charge is 2.17. The molecule has 16 heavy (non-hydrogen) atoms. The molecule has 1 aromatic heterocycles. The van der Waals surface area contributed by atoms with Crippen LogP contribution in [0.15, 0.2) is 0 Å². The lowest BCUT2D eigenvalue weighted by Crippen LogP contribution is -2.35. The summed E-state index contributed by atoms with van der Waals surface area (Å²) in [5.74, 6) is 0.249. The Balaban J connectivity index is 2.41. The molecule has 0 aromatic carbocycles. The van der Waals surface area contributed by atoms with E-state index in [-0.39, 0.29) is 17.8 Å². The third kappa shape index (κ3) is 3.27. The highest BCUT2D eigenvalue weighted by atomic mass is 16.2. The second-order valence-electron chi connectivity index (χ2n) is 4.16. The smallest absolute Gasteiger partial charge is 0.295 e. The SMILES string of the molecule is CC(C)C(N)CCN(C)C(=O)c1nn[nH]n1. The van der Waals surface area contributed by atoms with Crippen LogP contribution in [0.4, 0.5) is 0 Å². The average molecular weight is 226 g/mol. The van der Waals surface area contributed by atoms with E-state index in [0.29, 0.717) is 12.5 Å². The summed E-state index contributed by atoms with van der Waals surface area (Å²) >= 11 is 0. The second-order valence-corrected chi connectivity index (χ2v) is 4.16. The van der Waals surface area contributed by atoms with E-state index >= 15 is 0 Å². The van der Waals surface area contributed by atoms with Crippen LogP contribution >= 0.6 is 0 Å². The molecule has 0 spiro atoms. The molecule has 1 amide bonds. The van der Waals surface area contributed by atoms with Gasteiger partial charge in [0.05, 0.1) is 0 Å². The van der Waals surface area contributed by atoms with E-state index in [1.165, 1.54) is 0 Å². The predicted octanol–water partition coefficient (Wildman–Crippen LogP) is -0.355. The third-order valence-electron chi connectivity index (χ3n) is 2.54. The lowest BCUT2D eigenvalue weighted by atomic mass is 10.0. The van der Waals surface area contributed by atoms with Gasteiger partial charge in [0.2, 0.25) is 0 Å². The van der Waals surface area contributed by atoms with Gasteiger partial charge in [0.15, 0.2) is 0 Å². The summed E-state index contributed by atoms with van der Waals surface area (Å²) in [7, 11) is 1.70. The quantitative estimate of drug-likeness (QED) is 0.714. The normalized spacial score (nSPS) is 12.8. The molecule has 1 unspecified atom stereocenters. The highest BCUT2D eigenvalue weighted by molar-refractivity contribution is 5.89. The molecular formula is C9H18N6O. The van der Waals surface area contributed by atoms with Crippen LogP contribution in [0.3, 0.4) is 0 Å². The molecular weight excluding hydrogens is 208 g/mol. The first-order valence-electron chi connectivity index (χ1n) is 5.27. The number of H-pyrrole nitrogens is 1. The lowest BCUT2D eigenvalue weighted by Gasteiger charge is -2.20. The molecule has 0 aliphatic carbocycles. The molecule has 0 bridgehead atoms. The first-order chi connectivity index (χ1) is 7.52. The molecule has 1 atom stereocenters. The fourth-order valence-electron chi connectivity index (χ4n) is 1.20. The van der Waals surface area contributed by atoms with Gasteiger partial charge in [-0.25, -0.2) is 0 Å². The third-order valence-corrected chi connectivity index (χ3v) is 2.54. The van der Waals surface area contributed by atoms with E-state index < -0.39 is 0 Å². The highest BCUT2D eigenvalue weighted by Crippen LogP contribution is 2.04. The predicted molar refractivity (Wildman–Crippen MR) is 58.6 cm³/mol. The first-order valence-corrected chi connectivity index (χ1v) is 5.27. The van der Waals surface area contributed by atoms with Gasteiger partial charge >= 0.3 is 0 Å². The largest absolute Gasteiger partial charge is 0.339 e. The van der Waals surface area contributed by atoms with E-state index in [4.69, 9.17) is 5.73 Å². The standard InChI is InChI=1S/C9H18N6O/c1-6(2)7(10)4-5-15(3)9(16)8-11-13-14-12-8/h6-7H,4-5,10H2,1-3H3,(H,11,12,13,14). The van der Waals surface area contributed by atoms with Crippen molar-refractivity contribution in [1.82, 2.24) is 25.5 Å². The zero-order valence-electron chi connectivity index (χ0n) is 9.84. The summed E-state index contributed by atoms with van der Waals surface area (Å²) in [4.78, 5) is 13.2. The fourth-order valence-corrected chi connectivity index (χ4v) is 1.20. The van der Waals surface area contributed by atoms with Crippen molar-refractivity contribution in [3.63, 3.8) is 0 Å². The van der Waals surface area contributed by atoms with Crippen LogP contribution in [0.25, 0.3) is 0 Å². The van der Waals surface area contributed by atoms with E-state index in [0.717, 1.165) is 6.42 Å². The summed E-state index contributed by atoms with van der Waals surface area (Å²) in [6, 6.07) is 0.0977. The zero-order valence-corrected chi connectivity index (χ0v) is 9.84. The number of nitrogens with two attached hydrogens (primary N) is 1. The van der Waals surface area contributed by atoms with E-state index in [1.807, 2.05) is 0 Å². The zero-order chi connectivity index (χ0) is 12.1. The number of hydrogen-bond donors (Lipinski definition) is 2. The van der Waals surface area contributed by atoms with Crippen LogP contribution in [0.1, 0.15) is 30.9 Å². The van der Waals surface area contributed by atoms with Gasteiger partial charge in [-0.2, -0.15) is 5.21 Å². The molecule has 7 heteroatoms. The van der Waals surface area contributed by atoms with Crippen LogP contribution in [0.5, 0.6) is 0 Å². The number of hydrogen-bond acceptors (Lipinski definition) is 5. The molecule has 3 N–H and O–H groups in total. The van der Waals surface area contributed by atoms with Crippen LogP contribution in [-0.2, 0) is 0 Å². The maximum Gasteiger partial charge on any atom is 0.295 e. The van der Waals surface area contributed by atoms with Gasteiger partial charge in [-0.1, -0.05) is 13.8 Å². The van der Waals surface area contributed by atoms with E-state index in [9.17, 15) is 4.79 Å². The number of amides is 1. The van der Waals surface area contributed by atoms with Crippen molar-refractivity contribution < 1.29 is 4.79 Å². The minimum Gasteiger partial charge on any atom is -0.339 e. The molecule has 90 valence electrons. The Morgan fingerprint density at radius 3 is 2.75 bits per heavy atom. The first kappa shape index (κ1) is 12.6. The van der Waals surface area contributed by atoms with E-state index in [1.54, 1.807) is 11.9 Å². The number of aromatic nitrogens is 4. The lowest BCUT2D eigenvalue weighted by molar-refractivity contribution is 0.0777. The van der Waals surface area contributed by atoms with Crippen LogP contribution in [0, 0.1) is 5.92 Å². The molecule has 1 heterocycles. The Bertz CT molecular complexity index is 323. The summed E-state index contributed by atoms with van der Waals surface area (Å²) in [5, 5.41) is 12.8. The van der Waals surface area contributed by atoms with Crippen molar-refractivity contribution in [1.29, 1.82) is 0 Å². The van der Waals surface area contributed by atoms with Crippen LogP contribution in [0.2, 0.25) is 0 Å². The number of carbonyl (C=O) groups excluding carboxylic acids is 1. The van der Waals surface area contributed by atoms with Gasteiger partial charge < -0.3 is 10.6 Å². The second kappa shape index (κ2) is 5.55. The Morgan fingerprint density at radius 1 is 1.56 bits per heavy atom. The summed E-state index contributed by atoms with van der Waals surface area (Å²) < 4.78 is 0. The van der Waals surface area contributed by atoms with E-state index in [2.05, 4.69) is 34.5 Å². The number of tetrazole rings is 1. The average Bonchev–Trinajstić information content (AvgIpc) is 2.77. The van der Waals surface area contributed by atoms with Crippen LogP contribution < -0.4 is 5.73 Å². The van der Waals surface area contributed by atoms with Crippen molar-refractivity contribution in [2.24, 2.45) is 11.7 Å². The number of nitrogens with zero attached hydrogens (tertiary/aromatic N) is 4. The molecule has 7 nitrogen and oxygen atoms in total. The molecule has 1 aromatic rings. The maximum atomic E-state index is 11.7. The number of aromatic amines is 1. The number of rotatable bonds is 5. The minimum atomic E-state index is -0.246. The Hall–Kier alpha value is -1.50. The fraction of sp³-hybridized carbons (Fsp3) is 0.778. The molecule has 0 fully saturated rings. The van der Waals surface area contributed by atoms with Gasteiger partial charge in [-0.05, 0) is 17.6 Å². The van der Waals surface area contributed by atoms with Gasteiger partial charge in [0.25, 0.3) is 11.7 Å². The minimum absolute atomic E-state index is 0.0839. The Labute approximate surface area is 94.4 Å². The number of carbonyl (C=O) groups is 1. The van der Waals surface area contributed by atoms with Gasteiger partial charge in [0, 0.05) is 19.6 Å². The monoisotopic (exact) mass is 226 g/mol. The number of nitrogens with one attached hydrogen (secondary N) is 1. The molecule has 0 radical (unpaired) electrons. The molecule has 0 aliphatic rings. The van der Waals surface area contributed by atoms with Gasteiger partial charge in [-0.15, -0.1) is 10.2 Å². The Kier molecular flexibility index (Phi) is 4.36. The van der Waals surface area contributed by atoms with Crippen molar-refractivity contribution in [3.8, 4) is 0 Å². The van der Waals surface area contributed by atoms with Crippen molar-refractivity contribution in [2.45, 2.75) is 26.3 Å². The Morgan fingerprint density at radius 2 is 2.25 bits per heavy atom. The van der Waals surface area contributed by atoms with Gasteiger partial charge in [0.1, 0.15) is 0 Å². The maximum absolute atomic E-state index is 11.7. The summed E-state index contributed by atoms with van der Waals surface area (Å²) in [6.07, 6.45) is 0.762.